The molecule has 1 saturated carbocycles. The summed E-state index contributed by atoms with van der Waals surface area (Å²) in [7, 11) is 0. The predicted octanol–water partition coefficient (Wildman–Crippen LogP) is 1.68. The number of ether oxygens (including phenoxy) is 1. The average molecular weight is 309 g/mol. The van der Waals surface area contributed by atoms with Gasteiger partial charge in [0, 0.05) is 6.07 Å². The number of hydrogen-bond acceptors (Lipinski definition) is 4. The maximum absolute atomic E-state index is 14.0. The Kier molecular flexibility index (Phi) is 3.52. The van der Waals surface area contributed by atoms with Crippen molar-refractivity contribution in [3.8, 4) is 5.75 Å². The molecule has 22 heavy (non-hydrogen) atoms. The molecule has 2 atom stereocenters. The van der Waals surface area contributed by atoms with Crippen LogP contribution in [0.2, 0.25) is 0 Å². The van der Waals surface area contributed by atoms with Crippen molar-refractivity contribution in [3.05, 3.63) is 29.1 Å². The second kappa shape index (κ2) is 5.24. The van der Waals surface area contributed by atoms with Crippen molar-refractivity contribution in [2.75, 3.05) is 6.73 Å². The first kappa shape index (κ1) is 14.8. The number of phenolic OH excluding ortho intramolecular Hbond substituents is 1. The minimum atomic E-state index is -1.19. The Morgan fingerprint density at radius 1 is 1.36 bits per heavy atom. The van der Waals surface area contributed by atoms with E-state index in [4.69, 9.17) is 4.74 Å². The molecule has 1 amide bonds. The molecule has 3 rings (SSSR count). The Morgan fingerprint density at radius 3 is 2.64 bits per heavy atom. The summed E-state index contributed by atoms with van der Waals surface area (Å²) in [4.78, 5) is 24.8. The predicted molar refractivity (Wildman–Crippen MR) is 73.0 cm³/mol. The highest BCUT2D eigenvalue weighted by Crippen LogP contribution is 2.44. The molecule has 0 spiro atoms. The van der Waals surface area contributed by atoms with Gasteiger partial charge in [-0.1, -0.05) is 0 Å². The van der Waals surface area contributed by atoms with Gasteiger partial charge in [0.25, 0.3) is 5.91 Å². The number of aliphatic carboxylic acids is 1. The SMILES string of the molecule is C[C@H]1OCN(C(=O)c2cc(C3CC3)c(O)cc2F)[C@@H]1C(=O)O. The smallest absolute Gasteiger partial charge is 0.329 e. The summed E-state index contributed by atoms with van der Waals surface area (Å²) in [6.45, 7) is 1.35. The molecule has 1 aliphatic carbocycles. The van der Waals surface area contributed by atoms with E-state index >= 15 is 0 Å². The molecular formula is C15H16FNO5. The zero-order valence-corrected chi connectivity index (χ0v) is 12.0. The second-order valence-corrected chi connectivity index (χ2v) is 5.72. The van der Waals surface area contributed by atoms with Crippen LogP contribution in [-0.2, 0) is 9.53 Å². The van der Waals surface area contributed by atoms with Crippen molar-refractivity contribution in [1.82, 2.24) is 4.90 Å². The van der Waals surface area contributed by atoms with Crippen LogP contribution in [0.15, 0.2) is 12.1 Å². The van der Waals surface area contributed by atoms with Crippen molar-refractivity contribution < 1.29 is 28.9 Å². The number of carboxylic acids is 1. The van der Waals surface area contributed by atoms with E-state index in [1.807, 2.05) is 0 Å². The largest absolute Gasteiger partial charge is 0.508 e. The number of halogens is 1. The normalized spacial score (nSPS) is 24.5. The van der Waals surface area contributed by atoms with Gasteiger partial charge in [-0.3, -0.25) is 9.69 Å². The number of carbonyl (C=O) groups is 2. The van der Waals surface area contributed by atoms with Gasteiger partial charge in [-0.2, -0.15) is 0 Å². The second-order valence-electron chi connectivity index (χ2n) is 5.72. The molecule has 2 fully saturated rings. The lowest BCUT2D eigenvalue weighted by atomic mass is 10.0. The van der Waals surface area contributed by atoms with Gasteiger partial charge in [0.05, 0.1) is 11.7 Å². The van der Waals surface area contributed by atoms with Crippen LogP contribution in [-0.4, -0.2) is 45.9 Å². The van der Waals surface area contributed by atoms with Gasteiger partial charge < -0.3 is 14.9 Å². The van der Waals surface area contributed by atoms with Gasteiger partial charge in [-0.15, -0.1) is 0 Å². The monoisotopic (exact) mass is 309 g/mol. The molecule has 0 unspecified atom stereocenters. The first-order valence-corrected chi connectivity index (χ1v) is 7.08. The van der Waals surface area contributed by atoms with Crippen LogP contribution in [0.25, 0.3) is 0 Å². The summed E-state index contributed by atoms with van der Waals surface area (Å²) in [5.41, 5.74) is 0.299. The van der Waals surface area contributed by atoms with E-state index in [1.54, 1.807) is 6.92 Å². The number of phenols is 1. The van der Waals surface area contributed by atoms with Crippen LogP contribution in [0.5, 0.6) is 5.75 Å². The van der Waals surface area contributed by atoms with Crippen molar-refractivity contribution in [1.29, 1.82) is 0 Å². The number of rotatable bonds is 3. The van der Waals surface area contributed by atoms with E-state index in [-0.39, 0.29) is 24.0 Å². The highest BCUT2D eigenvalue weighted by molar-refractivity contribution is 5.97. The number of aromatic hydroxyl groups is 1. The molecule has 1 saturated heterocycles. The maximum atomic E-state index is 14.0. The molecular weight excluding hydrogens is 293 g/mol. The highest BCUT2D eigenvalue weighted by Gasteiger charge is 2.42. The molecule has 0 radical (unpaired) electrons. The fraction of sp³-hybridized carbons (Fsp3) is 0.467. The summed E-state index contributed by atoms with van der Waals surface area (Å²) < 4.78 is 19.2. The summed E-state index contributed by atoms with van der Waals surface area (Å²) in [6, 6.07) is 1.09. The van der Waals surface area contributed by atoms with Gasteiger partial charge in [0.15, 0.2) is 6.04 Å². The van der Waals surface area contributed by atoms with Gasteiger partial charge in [0.2, 0.25) is 0 Å². The van der Waals surface area contributed by atoms with Crippen LogP contribution in [0.3, 0.4) is 0 Å². The Morgan fingerprint density at radius 2 is 2.05 bits per heavy atom. The average Bonchev–Trinajstić information content (AvgIpc) is 3.20. The zero-order valence-electron chi connectivity index (χ0n) is 12.0. The van der Waals surface area contributed by atoms with Crippen LogP contribution >= 0.6 is 0 Å². The Balaban J connectivity index is 1.95. The minimum absolute atomic E-state index is 0.135. The first-order chi connectivity index (χ1) is 10.4. The minimum Gasteiger partial charge on any atom is -0.508 e. The molecule has 2 aliphatic rings. The molecule has 1 heterocycles. The van der Waals surface area contributed by atoms with E-state index in [9.17, 15) is 24.2 Å². The molecule has 2 N–H and O–H groups in total. The van der Waals surface area contributed by atoms with Gasteiger partial charge in [-0.25, -0.2) is 9.18 Å². The molecule has 1 aromatic carbocycles. The number of hydrogen-bond donors (Lipinski definition) is 2. The zero-order chi connectivity index (χ0) is 16.0. The standard InChI is InChI=1S/C15H16FNO5/c1-7-13(15(20)21)17(6-22-7)14(19)10-4-9(8-2-3-8)12(18)5-11(10)16/h4-5,7-8,13,18H,2-3,6H2,1H3,(H,20,21)/t7-,13+/m1/s1. The quantitative estimate of drug-likeness (QED) is 0.887. The molecule has 118 valence electrons. The number of nitrogens with zero attached hydrogens (tertiary/aromatic N) is 1. The van der Waals surface area contributed by atoms with E-state index in [1.165, 1.54) is 6.07 Å². The lowest BCUT2D eigenvalue weighted by Crippen LogP contribution is -2.44. The van der Waals surface area contributed by atoms with Crippen LogP contribution in [0.1, 0.15) is 41.6 Å². The third-order valence-corrected chi connectivity index (χ3v) is 4.13. The molecule has 0 aromatic heterocycles. The van der Waals surface area contributed by atoms with Crippen molar-refractivity contribution in [2.24, 2.45) is 0 Å². The van der Waals surface area contributed by atoms with Gasteiger partial charge >= 0.3 is 5.97 Å². The molecule has 6 nitrogen and oxygen atoms in total. The summed E-state index contributed by atoms with van der Waals surface area (Å²) >= 11 is 0. The van der Waals surface area contributed by atoms with E-state index in [0.29, 0.717) is 5.56 Å². The summed E-state index contributed by atoms with van der Waals surface area (Å²) in [5.74, 6) is -2.83. The third kappa shape index (κ3) is 2.41. The summed E-state index contributed by atoms with van der Waals surface area (Å²) in [6.07, 6.45) is 1.10. The first-order valence-electron chi connectivity index (χ1n) is 7.08. The number of amides is 1. The van der Waals surface area contributed by atoms with Gasteiger partial charge in [-0.05, 0) is 37.3 Å². The number of benzene rings is 1. The Labute approximate surface area is 126 Å². The van der Waals surface area contributed by atoms with E-state index in [2.05, 4.69) is 0 Å². The molecule has 7 heteroatoms. The number of carboxylic acid groups (broad SMARTS) is 1. The maximum Gasteiger partial charge on any atom is 0.329 e. The lowest BCUT2D eigenvalue weighted by molar-refractivity contribution is -0.142. The van der Waals surface area contributed by atoms with E-state index < -0.39 is 29.8 Å². The van der Waals surface area contributed by atoms with E-state index in [0.717, 1.165) is 23.8 Å². The molecule has 1 aliphatic heterocycles. The van der Waals surface area contributed by atoms with Crippen LogP contribution < -0.4 is 0 Å². The van der Waals surface area contributed by atoms with Crippen LogP contribution in [0, 0.1) is 5.82 Å². The van der Waals surface area contributed by atoms with Crippen molar-refractivity contribution >= 4 is 11.9 Å². The number of carbonyl (C=O) groups excluding carboxylic acids is 1. The van der Waals surface area contributed by atoms with Crippen molar-refractivity contribution in [3.63, 3.8) is 0 Å². The highest BCUT2D eigenvalue weighted by atomic mass is 19.1. The summed E-state index contributed by atoms with van der Waals surface area (Å²) in [5, 5.41) is 19.0. The van der Waals surface area contributed by atoms with Crippen LogP contribution in [0.4, 0.5) is 4.39 Å². The Hall–Kier alpha value is -2.15. The lowest BCUT2D eigenvalue weighted by Gasteiger charge is -2.21. The molecule has 1 aromatic rings. The van der Waals surface area contributed by atoms with Crippen molar-refractivity contribution in [2.45, 2.75) is 37.8 Å². The fourth-order valence-electron chi connectivity index (χ4n) is 2.76. The Bertz CT molecular complexity index is 643. The topological polar surface area (TPSA) is 87.1 Å². The fourth-order valence-corrected chi connectivity index (χ4v) is 2.76. The third-order valence-electron chi connectivity index (χ3n) is 4.13. The molecule has 0 bridgehead atoms. The van der Waals surface area contributed by atoms with Gasteiger partial charge in [0.1, 0.15) is 18.3 Å².